The molecule has 94 valence electrons. The zero-order valence-electron chi connectivity index (χ0n) is 11.0. The third kappa shape index (κ3) is 4.47. The number of methoxy groups -OCH3 is 1. The van der Waals surface area contributed by atoms with Gasteiger partial charge in [0.1, 0.15) is 5.75 Å². The van der Waals surface area contributed by atoms with Crippen molar-refractivity contribution in [2.45, 2.75) is 27.2 Å². The van der Waals surface area contributed by atoms with E-state index in [4.69, 9.17) is 4.74 Å². The molecule has 1 N–H and O–H groups in total. The van der Waals surface area contributed by atoms with E-state index in [1.54, 1.807) is 7.11 Å². The molecule has 0 saturated carbocycles. The zero-order chi connectivity index (χ0) is 12.8. The molecule has 1 unspecified atom stereocenters. The van der Waals surface area contributed by atoms with Crippen LogP contribution in [0.3, 0.4) is 0 Å². The van der Waals surface area contributed by atoms with Crippen molar-refractivity contribution in [1.82, 2.24) is 0 Å². The van der Waals surface area contributed by atoms with Crippen molar-refractivity contribution in [2.75, 3.05) is 12.4 Å². The summed E-state index contributed by atoms with van der Waals surface area (Å²) in [4.78, 5) is 11.9. The van der Waals surface area contributed by atoms with Crippen LogP contribution in [-0.4, -0.2) is 13.0 Å². The predicted molar refractivity (Wildman–Crippen MR) is 70.2 cm³/mol. The molecule has 0 aliphatic heterocycles. The molecule has 0 saturated heterocycles. The minimum Gasteiger partial charge on any atom is -0.497 e. The lowest BCUT2D eigenvalue weighted by Crippen LogP contribution is -2.21. The molecule has 1 aromatic rings. The molecule has 3 nitrogen and oxygen atoms in total. The highest BCUT2D eigenvalue weighted by atomic mass is 16.5. The largest absolute Gasteiger partial charge is 0.497 e. The molecule has 0 aliphatic carbocycles. The van der Waals surface area contributed by atoms with E-state index in [9.17, 15) is 4.79 Å². The molecule has 0 aliphatic rings. The summed E-state index contributed by atoms with van der Waals surface area (Å²) in [5.41, 5.74) is 0.811. The third-order valence-electron chi connectivity index (χ3n) is 2.63. The fourth-order valence-electron chi connectivity index (χ4n) is 1.75. The topological polar surface area (TPSA) is 38.3 Å². The average Bonchev–Trinajstić information content (AvgIpc) is 2.29. The summed E-state index contributed by atoms with van der Waals surface area (Å²) < 4.78 is 5.06. The van der Waals surface area contributed by atoms with Gasteiger partial charge in [-0.05, 0) is 36.6 Å². The Morgan fingerprint density at radius 3 is 2.29 bits per heavy atom. The van der Waals surface area contributed by atoms with E-state index in [2.05, 4.69) is 19.2 Å². The van der Waals surface area contributed by atoms with Crippen LogP contribution < -0.4 is 10.1 Å². The molecule has 0 fully saturated rings. The van der Waals surface area contributed by atoms with E-state index in [1.807, 2.05) is 31.2 Å². The number of benzene rings is 1. The summed E-state index contributed by atoms with van der Waals surface area (Å²) >= 11 is 0. The number of nitrogens with one attached hydrogen (secondary N) is 1. The molecule has 1 amide bonds. The van der Waals surface area contributed by atoms with E-state index in [-0.39, 0.29) is 11.8 Å². The number of rotatable bonds is 5. The quantitative estimate of drug-likeness (QED) is 0.850. The van der Waals surface area contributed by atoms with Crippen LogP contribution in [0.5, 0.6) is 5.75 Å². The molecule has 0 heterocycles. The monoisotopic (exact) mass is 235 g/mol. The molecule has 0 radical (unpaired) electrons. The van der Waals surface area contributed by atoms with E-state index >= 15 is 0 Å². The number of ether oxygens (including phenoxy) is 1. The van der Waals surface area contributed by atoms with E-state index in [1.165, 1.54) is 0 Å². The molecular weight excluding hydrogens is 214 g/mol. The second kappa shape index (κ2) is 6.28. The number of carbonyl (C=O) groups is 1. The summed E-state index contributed by atoms with van der Waals surface area (Å²) in [5, 5.41) is 2.90. The lowest BCUT2D eigenvalue weighted by atomic mass is 9.98. The molecule has 1 aromatic carbocycles. The fraction of sp³-hybridized carbons (Fsp3) is 0.500. The van der Waals surface area contributed by atoms with Crippen molar-refractivity contribution in [3.8, 4) is 5.75 Å². The second-order valence-electron chi connectivity index (χ2n) is 4.75. The van der Waals surface area contributed by atoms with E-state index in [0.717, 1.165) is 17.9 Å². The van der Waals surface area contributed by atoms with Crippen molar-refractivity contribution in [1.29, 1.82) is 0 Å². The SMILES string of the molecule is COc1ccc(NC(=O)C(C)CC(C)C)cc1. The van der Waals surface area contributed by atoms with Gasteiger partial charge in [-0.1, -0.05) is 20.8 Å². The predicted octanol–water partition coefficient (Wildman–Crippen LogP) is 3.32. The highest BCUT2D eigenvalue weighted by Crippen LogP contribution is 2.17. The van der Waals surface area contributed by atoms with Crippen molar-refractivity contribution in [2.24, 2.45) is 11.8 Å². The number of hydrogen-bond acceptors (Lipinski definition) is 2. The smallest absolute Gasteiger partial charge is 0.227 e. The maximum atomic E-state index is 11.9. The third-order valence-corrected chi connectivity index (χ3v) is 2.63. The maximum absolute atomic E-state index is 11.9. The first kappa shape index (κ1) is 13.6. The maximum Gasteiger partial charge on any atom is 0.227 e. The highest BCUT2D eigenvalue weighted by molar-refractivity contribution is 5.92. The second-order valence-corrected chi connectivity index (χ2v) is 4.75. The molecule has 0 spiro atoms. The van der Waals surface area contributed by atoms with Crippen LogP contribution in [0.1, 0.15) is 27.2 Å². The van der Waals surface area contributed by atoms with E-state index < -0.39 is 0 Å². The van der Waals surface area contributed by atoms with Gasteiger partial charge in [-0.2, -0.15) is 0 Å². The molecule has 3 heteroatoms. The lowest BCUT2D eigenvalue weighted by Gasteiger charge is -2.14. The Bertz CT molecular complexity index is 357. The summed E-state index contributed by atoms with van der Waals surface area (Å²) in [6, 6.07) is 7.36. The average molecular weight is 235 g/mol. The first-order valence-corrected chi connectivity index (χ1v) is 5.98. The zero-order valence-corrected chi connectivity index (χ0v) is 11.0. The summed E-state index contributed by atoms with van der Waals surface area (Å²) in [6.45, 7) is 6.20. The Kier molecular flexibility index (Phi) is 5.01. The van der Waals surface area contributed by atoms with Crippen LogP contribution in [0.2, 0.25) is 0 Å². The molecule has 17 heavy (non-hydrogen) atoms. The molecule has 1 rings (SSSR count). The Labute approximate surface area is 103 Å². The first-order chi connectivity index (χ1) is 8.02. The normalized spacial score (nSPS) is 12.3. The summed E-state index contributed by atoms with van der Waals surface area (Å²) in [5.74, 6) is 1.44. The van der Waals surface area contributed by atoms with Crippen LogP contribution >= 0.6 is 0 Å². The lowest BCUT2D eigenvalue weighted by molar-refractivity contribution is -0.119. The van der Waals surface area contributed by atoms with Crippen molar-refractivity contribution >= 4 is 11.6 Å². The van der Waals surface area contributed by atoms with Crippen molar-refractivity contribution < 1.29 is 9.53 Å². The summed E-state index contributed by atoms with van der Waals surface area (Å²) in [6.07, 6.45) is 0.905. The number of anilines is 1. The van der Waals surface area contributed by atoms with Gasteiger partial charge in [0.05, 0.1) is 7.11 Å². The number of amides is 1. The Morgan fingerprint density at radius 2 is 1.82 bits per heavy atom. The Balaban J connectivity index is 2.55. The number of hydrogen-bond donors (Lipinski definition) is 1. The highest BCUT2D eigenvalue weighted by Gasteiger charge is 2.14. The van der Waals surface area contributed by atoms with Gasteiger partial charge >= 0.3 is 0 Å². The molecule has 1 atom stereocenters. The Hall–Kier alpha value is -1.51. The van der Waals surface area contributed by atoms with Crippen LogP contribution in [0, 0.1) is 11.8 Å². The van der Waals surface area contributed by atoms with Gasteiger partial charge < -0.3 is 10.1 Å². The standard InChI is InChI=1S/C14H21NO2/c1-10(2)9-11(3)14(16)15-12-5-7-13(17-4)8-6-12/h5-8,10-11H,9H2,1-4H3,(H,15,16). The van der Waals surface area contributed by atoms with Gasteiger partial charge in [-0.25, -0.2) is 0 Å². The van der Waals surface area contributed by atoms with Crippen LogP contribution in [0.15, 0.2) is 24.3 Å². The van der Waals surface area contributed by atoms with Crippen LogP contribution in [0.25, 0.3) is 0 Å². The van der Waals surface area contributed by atoms with E-state index in [0.29, 0.717) is 5.92 Å². The minimum absolute atomic E-state index is 0.0390. The molecular formula is C14H21NO2. The van der Waals surface area contributed by atoms with Crippen molar-refractivity contribution in [3.63, 3.8) is 0 Å². The fourth-order valence-corrected chi connectivity index (χ4v) is 1.75. The van der Waals surface area contributed by atoms with Crippen LogP contribution in [0.4, 0.5) is 5.69 Å². The Morgan fingerprint density at radius 1 is 1.24 bits per heavy atom. The summed E-state index contributed by atoms with van der Waals surface area (Å²) in [7, 11) is 1.62. The molecule has 0 bridgehead atoms. The van der Waals surface area contributed by atoms with Crippen molar-refractivity contribution in [3.05, 3.63) is 24.3 Å². The molecule has 0 aromatic heterocycles. The van der Waals surface area contributed by atoms with Gasteiger partial charge in [0.25, 0.3) is 0 Å². The van der Waals surface area contributed by atoms with Gasteiger partial charge in [-0.3, -0.25) is 4.79 Å². The van der Waals surface area contributed by atoms with Gasteiger partial charge in [0, 0.05) is 11.6 Å². The van der Waals surface area contributed by atoms with Gasteiger partial charge in [-0.15, -0.1) is 0 Å². The minimum atomic E-state index is 0.0390. The number of carbonyl (C=O) groups excluding carboxylic acids is 1. The van der Waals surface area contributed by atoms with Gasteiger partial charge in [0.2, 0.25) is 5.91 Å². The first-order valence-electron chi connectivity index (χ1n) is 5.98. The van der Waals surface area contributed by atoms with Crippen LogP contribution in [-0.2, 0) is 4.79 Å². The van der Waals surface area contributed by atoms with Gasteiger partial charge in [0.15, 0.2) is 0 Å².